The third-order valence-electron chi connectivity index (χ3n) is 3.23. The van der Waals surface area contributed by atoms with E-state index in [-0.39, 0.29) is 0 Å². The summed E-state index contributed by atoms with van der Waals surface area (Å²) >= 11 is 5.09. The second kappa shape index (κ2) is 5.84. The average Bonchev–Trinajstić information content (AvgIpc) is 2.85. The third kappa shape index (κ3) is 2.78. The molecule has 2 heterocycles. The number of thioether (sulfide) groups is 1. The number of aromatic nitrogens is 1. The van der Waals surface area contributed by atoms with E-state index >= 15 is 0 Å². The van der Waals surface area contributed by atoms with Crippen LogP contribution in [-0.2, 0) is 5.75 Å². The normalized spacial score (nSPS) is 10.7. The number of rotatable bonds is 3. The van der Waals surface area contributed by atoms with E-state index in [1.165, 1.54) is 0 Å². The van der Waals surface area contributed by atoms with Gasteiger partial charge in [-0.25, -0.2) is 0 Å². The summed E-state index contributed by atoms with van der Waals surface area (Å²) in [5.41, 5.74) is 9.44. The second-order valence-corrected chi connectivity index (χ2v) is 6.54. The van der Waals surface area contributed by atoms with Crippen molar-refractivity contribution < 1.29 is 0 Å². The summed E-state index contributed by atoms with van der Waals surface area (Å²) in [6.07, 6.45) is 3.97. The SMILES string of the molecule is N#Cc1c(CSc2cc(Br)ccc2N)cn2ccccc12. The number of benzene rings is 1. The predicted octanol–water partition coefficient (Wildman–Crippen LogP) is 4.45. The summed E-state index contributed by atoms with van der Waals surface area (Å²) in [5, 5.41) is 9.40. The molecule has 2 N–H and O–H groups in total. The van der Waals surface area contributed by atoms with E-state index in [1.54, 1.807) is 11.8 Å². The molecule has 3 aromatic rings. The van der Waals surface area contributed by atoms with E-state index in [0.29, 0.717) is 5.75 Å². The average molecular weight is 358 g/mol. The minimum Gasteiger partial charge on any atom is -0.398 e. The van der Waals surface area contributed by atoms with Crippen molar-refractivity contribution in [2.24, 2.45) is 0 Å². The Bertz CT molecular complexity index is 848. The number of anilines is 1. The van der Waals surface area contributed by atoms with Gasteiger partial charge in [0, 0.05) is 33.2 Å². The Kier molecular flexibility index (Phi) is 3.91. The summed E-state index contributed by atoms with van der Waals surface area (Å²) in [6.45, 7) is 0. The molecule has 0 radical (unpaired) electrons. The highest BCUT2D eigenvalue weighted by Gasteiger charge is 2.11. The van der Waals surface area contributed by atoms with Gasteiger partial charge in [-0.3, -0.25) is 0 Å². The van der Waals surface area contributed by atoms with Crippen LogP contribution in [0, 0.1) is 11.3 Å². The van der Waals surface area contributed by atoms with Crippen LogP contribution in [0.2, 0.25) is 0 Å². The van der Waals surface area contributed by atoms with Gasteiger partial charge in [0.15, 0.2) is 0 Å². The smallest absolute Gasteiger partial charge is 0.102 e. The molecule has 21 heavy (non-hydrogen) atoms. The van der Waals surface area contributed by atoms with E-state index < -0.39 is 0 Å². The minimum absolute atomic E-state index is 0.714. The van der Waals surface area contributed by atoms with Crippen molar-refractivity contribution in [1.82, 2.24) is 4.40 Å². The Morgan fingerprint density at radius 3 is 2.95 bits per heavy atom. The zero-order valence-electron chi connectivity index (χ0n) is 11.1. The molecule has 0 aliphatic heterocycles. The van der Waals surface area contributed by atoms with Gasteiger partial charge in [0.25, 0.3) is 0 Å². The van der Waals surface area contributed by atoms with Crippen LogP contribution in [0.1, 0.15) is 11.1 Å². The molecule has 0 fully saturated rings. The van der Waals surface area contributed by atoms with Gasteiger partial charge in [-0.1, -0.05) is 22.0 Å². The van der Waals surface area contributed by atoms with Crippen LogP contribution in [0.4, 0.5) is 5.69 Å². The molecule has 0 aliphatic carbocycles. The van der Waals surface area contributed by atoms with Gasteiger partial charge in [-0.05, 0) is 35.9 Å². The summed E-state index contributed by atoms with van der Waals surface area (Å²) in [7, 11) is 0. The first-order valence-electron chi connectivity index (χ1n) is 6.35. The quantitative estimate of drug-likeness (QED) is 0.556. The number of nitriles is 1. The van der Waals surface area contributed by atoms with Crippen LogP contribution in [0.15, 0.2) is 58.2 Å². The summed E-state index contributed by atoms with van der Waals surface area (Å²) in [5.74, 6) is 0.714. The monoisotopic (exact) mass is 357 g/mol. The number of nitrogens with two attached hydrogens (primary N) is 1. The number of hydrogen-bond donors (Lipinski definition) is 1. The number of nitrogens with zero attached hydrogens (tertiary/aromatic N) is 2. The van der Waals surface area contributed by atoms with Gasteiger partial charge in [0.2, 0.25) is 0 Å². The fourth-order valence-corrected chi connectivity index (χ4v) is 3.69. The molecule has 0 spiro atoms. The lowest BCUT2D eigenvalue weighted by Gasteiger charge is -2.05. The molecule has 0 saturated heterocycles. The van der Waals surface area contributed by atoms with E-state index in [1.807, 2.05) is 53.2 Å². The first kappa shape index (κ1) is 14.1. The van der Waals surface area contributed by atoms with E-state index in [0.717, 1.165) is 31.7 Å². The maximum Gasteiger partial charge on any atom is 0.102 e. The minimum atomic E-state index is 0.714. The molecule has 2 aromatic heterocycles. The first-order valence-corrected chi connectivity index (χ1v) is 8.13. The molecule has 5 heteroatoms. The molecule has 0 saturated carbocycles. The molecule has 104 valence electrons. The first-order chi connectivity index (χ1) is 10.2. The van der Waals surface area contributed by atoms with Crippen LogP contribution >= 0.6 is 27.7 Å². The molecule has 0 bridgehead atoms. The lowest BCUT2D eigenvalue weighted by atomic mass is 10.2. The van der Waals surface area contributed by atoms with Crippen molar-refractivity contribution in [1.29, 1.82) is 5.26 Å². The van der Waals surface area contributed by atoms with E-state index in [2.05, 4.69) is 22.0 Å². The predicted molar refractivity (Wildman–Crippen MR) is 90.2 cm³/mol. The van der Waals surface area contributed by atoms with Crippen molar-refractivity contribution in [2.75, 3.05) is 5.73 Å². The molecule has 0 aliphatic rings. The highest BCUT2D eigenvalue weighted by atomic mass is 79.9. The van der Waals surface area contributed by atoms with E-state index in [4.69, 9.17) is 5.73 Å². The van der Waals surface area contributed by atoms with Crippen molar-refractivity contribution in [3.63, 3.8) is 0 Å². The summed E-state index contributed by atoms with van der Waals surface area (Å²) < 4.78 is 2.99. The van der Waals surface area contributed by atoms with Gasteiger partial charge < -0.3 is 10.1 Å². The molecule has 0 amide bonds. The maximum atomic E-state index is 9.40. The molecule has 3 nitrogen and oxygen atoms in total. The summed E-state index contributed by atoms with van der Waals surface area (Å²) in [4.78, 5) is 1.02. The van der Waals surface area contributed by atoms with Gasteiger partial charge in [0.05, 0.1) is 11.1 Å². The van der Waals surface area contributed by atoms with Crippen LogP contribution in [-0.4, -0.2) is 4.40 Å². The molecular weight excluding hydrogens is 346 g/mol. The number of hydrogen-bond acceptors (Lipinski definition) is 3. The third-order valence-corrected chi connectivity index (χ3v) is 4.85. The molecule has 0 atom stereocenters. The van der Waals surface area contributed by atoms with Crippen LogP contribution in [0.3, 0.4) is 0 Å². The zero-order chi connectivity index (χ0) is 14.8. The standard InChI is InChI=1S/C16H12BrN3S/c17-12-4-5-14(19)16(7-12)21-10-11-9-20-6-2-1-3-15(20)13(11)8-18/h1-7,9H,10,19H2. The second-order valence-electron chi connectivity index (χ2n) is 4.61. The molecular formula is C16H12BrN3S. The topological polar surface area (TPSA) is 54.2 Å². The van der Waals surface area contributed by atoms with Crippen molar-refractivity contribution >= 4 is 38.9 Å². The Hall–Kier alpha value is -1.90. The fraction of sp³-hybridized carbons (Fsp3) is 0.0625. The Morgan fingerprint density at radius 1 is 1.29 bits per heavy atom. The summed E-state index contributed by atoms with van der Waals surface area (Å²) in [6, 6.07) is 14.0. The van der Waals surface area contributed by atoms with Crippen molar-refractivity contribution in [3.05, 3.63) is 64.4 Å². The van der Waals surface area contributed by atoms with Crippen LogP contribution in [0.5, 0.6) is 0 Å². The fourth-order valence-electron chi connectivity index (χ4n) is 2.20. The zero-order valence-corrected chi connectivity index (χ0v) is 13.5. The number of fused-ring (bicyclic) bond motifs is 1. The highest BCUT2D eigenvalue weighted by Crippen LogP contribution is 2.32. The van der Waals surface area contributed by atoms with E-state index in [9.17, 15) is 5.26 Å². The highest BCUT2D eigenvalue weighted by molar-refractivity contribution is 9.10. The van der Waals surface area contributed by atoms with Gasteiger partial charge in [0.1, 0.15) is 6.07 Å². The van der Waals surface area contributed by atoms with Gasteiger partial charge in [-0.15, -0.1) is 11.8 Å². The van der Waals surface area contributed by atoms with Crippen LogP contribution < -0.4 is 5.73 Å². The molecule has 3 rings (SSSR count). The lowest BCUT2D eigenvalue weighted by Crippen LogP contribution is -1.89. The molecule has 1 aromatic carbocycles. The largest absolute Gasteiger partial charge is 0.398 e. The number of halogens is 1. The Morgan fingerprint density at radius 2 is 2.14 bits per heavy atom. The maximum absolute atomic E-state index is 9.40. The van der Waals surface area contributed by atoms with Crippen molar-refractivity contribution in [2.45, 2.75) is 10.6 Å². The van der Waals surface area contributed by atoms with Crippen LogP contribution in [0.25, 0.3) is 5.52 Å². The van der Waals surface area contributed by atoms with Crippen molar-refractivity contribution in [3.8, 4) is 6.07 Å². The Labute approximate surface area is 135 Å². The lowest BCUT2D eigenvalue weighted by molar-refractivity contribution is 1.18. The Balaban J connectivity index is 1.92. The number of nitrogen functional groups attached to an aromatic ring is 1. The van der Waals surface area contributed by atoms with Gasteiger partial charge >= 0.3 is 0 Å². The number of pyridine rings is 1. The van der Waals surface area contributed by atoms with Gasteiger partial charge in [-0.2, -0.15) is 5.26 Å². The molecule has 0 unspecified atom stereocenters.